The number of rotatable bonds is 4. The highest BCUT2D eigenvalue weighted by molar-refractivity contribution is 6.20. The van der Waals surface area contributed by atoms with Crippen LogP contribution in [-0.4, -0.2) is 5.38 Å². The van der Waals surface area contributed by atoms with Crippen molar-refractivity contribution in [2.75, 3.05) is 0 Å². The maximum Gasteiger partial charge on any atom is 0.0336 e. The molecule has 1 aliphatic carbocycles. The highest BCUT2D eigenvalue weighted by Gasteiger charge is 2.32. The average Bonchev–Trinajstić information content (AvgIpc) is 2.11. The second-order valence-electron chi connectivity index (χ2n) is 4.67. The lowest BCUT2D eigenvalue weighted by atomic mass is 9.68. The predicted molar refractivity (Wildman–Crippen MR) is 60.4 cm³/mol. The zero-order valence-corrected chi connectivity index (χ0v) is 9.87. The highest BCUT2D eigenvalue weighted by atomic mass is 35.5. The van der Waals surface area contributed by atoms with Crippen LogP contribution in [-0.2, 0) is 0 Å². The van der Waals surface area contributed by atoms with Gasteiger partial charge in [0.1, 0.15) is 0 Å². The standard InChI is InChI=1S/C12H23Cl/c1-3-7-12(8-4-2)9-5-11(13)6-10-12/h11H,3-10H2,1-2H3. The molecule has 1 rings (SSSR count). The van der Waals surface area contributed by atoms with Gasteiger partial charge in [-0.1, -0.05) is 26.7 Å². The summed E-state index contributed by atoms with van der Waals surface area (Å²) in [6.45, 7) is 4.62. The van der Waals surface area contributed by atoms with Crippen molar-refractivity contribution in [3.63, 3.8) is 0 Å². The van der Waals surface area contributed by atoms with E-state index in [4.69, 9.17) is 11.6 Å². The molecule has 0 nitrogen and oxygen atoms in total. The molecule has 0 atom stereocenters. The van der Waals surface area contributed by atoms with Crippen LogP contribution in [0, 0.1) is 5.41 Å². The third-order valence-corrected chi connectivity index (χ3v) is 3.97. The number of alkyl halides is 1. The van der Waals surface area contributed by atoms with Crippen LogP contribution in [0.4, 0.5) is 0 Å². The number of hydrogen-bond donors (Lipinski definition) is 0. The Morgan fingerprint density at radius 3 is 1.92 bits per heavy atom. The molecule has 13 heavy (non-hydrogen) atoms. The molecule has 1 heteroatoms. The molecule has 0 heterocycles. The lowest BCUT2D eigenvalue weighted by Gasteiger charge is -2.39. The number of hydrogen-bond acceptors (Lipinski definition) is 0. The van der Waals surface area contributed by atoms with Crippen molar-refractivity contribution >= 4 is 11.6 Å². The first-order chi connectivity index (χ1) is 6.22. The number of halogens is 1. The molecule has 0 N–H and O–H groups in total. The molecule has 0 aromatic heterocycles. The fourth-order valence-electron chi connectivity index (χ4n) is 2.88. The van der Waals surface area contributed by atoms with Crippen LogP contribution in [0.25, 0.3) is 0 Å². The van der Waals surface area contributed by atoms with Gasteiger partial charge >= 0.3 is 0 Å². The molecule has 0 aromatic rings. The van der Waals surface area contributed by atoms with Crippen molar-refractivity contribution in [3.05, 3.63) is 0 Å². The molecule has 0 unspecified atom stereocenters. The van der Waals surface area contributed by atoms with Crippen molar-refractivity contribution in [1.29, 1.82) is 0 Å². The molecule has 0 aliphatic heterocycles. The van der Waals surface area contributed by atoms with Gasteiger partial charge in [-0.3, -0.25) is 0 Å². The summed E-state index contributed by atoms with van der Waals surface area (Å²) in [5.74, 6) is 0. The fourth-order valence-corrected chi connectivity index (χ4v) is 3.10. The average molecular weight is 203 g/mol. The highest BCUT2D eigenvalue weighted by Crippen LogP contribution is 2.44. The van der Waals surface area contributed by atoms with Gasteiger partial charge in [0.15, 0.2) is 0 Å². The van der Waals surface area contributed by atoms with Crippen LogP contribution >= 0.6 is 11.6 Å². The maximum atomic E-state index is 6.14. The normalized spacial score (nSPS) is 23.3. The minimum absolute atomic E-state index is 0.474. The van der Waals surface area contributed by atoms with E-state index < -0.39 is 0 Å². The molecule has 0 spiro atoms. The largest absolute Gasteiger partial charge is 0.123 e. The van der Waals surface area contributed by atoms with E-state index in [0.29, 0.717) is 10.8 Å². The Hall–Kier alpha value is 0.290. The second kappa shape index (κ2) is 5.24. The Labute approximate surface area is 88.1 Å². The van der Waals surface area contributed by atoms with Crippen LogP contribution in [0.1, 0.15) is 65.2 Å². The van der Waals surface area contributed by atoms with E-state index >= 15 is 0 Å². The molecule has 1 aliphatic rings. The quantitative estimate of drug-likeness (QED) is 0.577. The van der Waals surface area contributed by atoms with Gasteiger partial charge in [0, 0.05) is 5.38 Å². The fraction of sp³-hybridized carbons (Fsp3) is 1.00. The molecule has 0 amide bonds. The summed E-state index contributed by atoms with van der Waals surface area (Å²) in [6, 6.07) is 0. The van der Waals surface area contributed by atoms with E-state index in [1.54, 1.807) is 0 Å². The molecular weight excluding hydrogens is 180 g/mol. The molecule has 0 aromatic carbocycles. The molecule has 1 saturated carbocycles. The summed E-state index contributed by atoms with van der Waals surface area (Å²) in [5.41, 5.74) is 0.675. The van der Waals surface area contributed by atoms with Crippen LogP contribution in [0.15, 0.2) is 0 Å². The molecule has 1 fully saturated rings. The van der Waals surface area contributed by atoms with Crippen LogP contribution in [0.3, 0.4) is 0 Å². The zero-order chi connectivity index (χ0) is 9.73. The summed E-state index contributed by atoms with van der Waals surface area (Å²) in [4.78, 5) is 0. The van der Waals surface area contributed by atoms with Gasteiger partial charge in [-0.2, -0.15) is 0 Å². The minimum atomic E-state index is 0.474. The third-order valence-electron chi connectivity index (χ3n) is 3.54. The third kappa shape index (κ3) is 3.16. The van der Waals surface area contributed by atoms with Gasteiger partial charge < -0.3 is 0 Å². The lowest BCUT2D eigenvalue weighted by Crippen LogP contribution is -2.27. The first-order valence-electron chi connectivity index (χ1n) is 5.86. The molecule has 0 radical (unpaired) electrons. The van der Waals surface area contributed by atoms with Crippen molar-refractivity contribution in [2.24, 2.45) is 5.41 Å². The summed E-state index contributed by atoms with van der Waals surface area (Å²) < 4.78 is 0. The Bertz CT molecular complexity index is 126. The van der Waals surface area contributed by atoms with Crippen molar-refractivity contribution in [3.8, 4) is 0 Å². The van der Waals surface area contributed by atoms with Crippen LogP contribution in [0.2, 0.25) is 0 Å². The Kier molecular flexibility index (Phi) is 4.58. The molecule has 0 bridgehead atoms. The van der Waals surface area contributed by atoms with E-state index in [0.717, 1.165) is 0 Å². The van der Waals surface area contributed by atoms with E-state index in [1.807, 2.05) is 0 Å². The van der Waals surface area contributed by atoms with E-state index in [1.165, 1.54) is 51.4 Å². The van der Waals surface area contributed by atoms with Crippen molar-refractivity contribution in [2.45, 2.75) is 70.6 Å². The molecule has 0 saturated heterocycles. The zero-order valence-electron chi connectivity index (χ0n) is 9.11. The van der Waals surface area contributed by atoms with E-state index in [-0.39, 0.29) is 0 Å². The first-order valence-corrected chi connectivity index (χ1v) is 6.30. The van der Waals surface area contributed by atoms with E-state index in [2.05, 4.69) is 13.8 Å². The van der Waals surface area contributed by atoms with Gasteiger partial charge in [0.25, 0.3) is 0 Å². The van der Waals surface area contributed by atoms with Gasteiger partial charge in [-0.25, -0.2) is 0 Å². The summed E-state index contributed by atoms with van der Waals surface area (Å²) in [7, 11) is 0. The summed E-state index contributed by atoms with van der Waals surface area (Å²) in [5, 5.41) is 0.474. The van der Waals surface area contributed by atoms with Crippen LogP contribution in [0.5, 0.6) is 0 Å². The summed E-state index contributed by atoms with van der Waals surface area (Å²) in [6.07, 6.45) is 10.8. The lowest BCUT2D eigenvalue weighted by molar-refractivity contribution is 0.156. The Morgan fingerprint density at radius 2 is 1.54 bits per heavy atom. The van der Waals surface area contributed by atoms with E-state index in [9.17, 15) is 0 Å². The molecule has 78 valence electrons. The summed E-state index contributed by atoms with van der Waals surface area (Å²) >= 11 is 6.14. The van der Waals surface area contributed by atoms with Crippen molar-refractivity contribution < 1.29 is 0 Å². The smallest absolute Gasteiger partial charge is 0.0336 e. The Morgan fingerprint density at radius 1 is 1.08 bits per heavy atom. The van der Waals surface area contributed by atoms with Crippen LogP contribution < -0.4 is 0 Å². The topological polar surface area (TPSA) is 0 Å². The van der Waals surface area contributed by atoms with Gasteiger partial charge in [-0.05, 0) is 43.9 Å². The van der Waals surface area contributed by atoms with Gasteiger partial charge in [0.05, 0.1) is 0 Å². The second-order valence-corrected chi connectivity index (χ2v) is 5.29. The maximum absolute atomic E-state index is 6.14. The monoisotopic (exact) mass is 202 g/mol. The van der Waals surface area contributed by atoms with Gasteiger partial charge in [-0.15, -0.1) is 11.6 Å². The molecular formula is C12H23Cl. The SMILES string of the molecule is CCCC1(CCC)CCC(Cl)CC1. The predicted octanol–water partition coefficient (Wildman–Crippen LogP) is 4.75. The Balaban J connectivity index is 2.47. The minimum Gasteiger partial charge on any atom is -0.123 e. The van der Waals surface area contributed by atoms with Gasteiger partial charge in [0.2, 0.25) is 0 Å². The van der Waals surface area contributed by atoms with Crippen molar-refractivity contribution in [1.82, 2.24) is 0 Å². The first kappa shape index (κ1) is 11.4.